The molecule has 1 saturated heterocycles. The van der Waals surface area contributed by atoms with Gasteiger partial charge >= 0.3 is 5.97 Å². The van der Waals surface area contributed by atoms with Gasteiger partial charge in [0.05, 0.1) is 31.7 Å². The summed E-state index contributed by atoms with van der Waals surface area (Å²) >= 11 is 0. The van der Waals surface area contributed by atoms with E-state index < -0.39 is 73.0 Å². The van der Waals surface area contributed by atoms with E-state index in [-0.39, 0.29) is 12.3 Å². The molecule has 0 saturated carbocycles. The van der Waals surface area contributed by atoms with Crippen molar-refractivity contribution in [2.75, 3.05) is 13.6 Å². The fraction of sp³-hybridized carbons (Fsp3) is 0.444. The third-order valence-electron chi connectivity index (χ3n) is 9.32. The number of carbonyl (C=O) groups is 5. The Bertz CT molecular complexity index is 1870. The number of amides is 4. The predicted molar refractivity (Wildman–Crippen MR) is 187 cm³/mol. The molecule has 1 aromatic carbocycles. The van der Waals surface area contributed by atoms with Crippen molar-refractivity contribution >= 4 is 46.1 Å². The Morgan fingerprint density at radius 1 is 0.961 bits per heavy atom. The van der Waals surface area contributed by atoms with Crippen molar-refractivity contribution in [3.05, 3.63) is 72.8 Å². The van der Waals surface area contributed by atoms with E-state index in [4.69, 9.17) is 0 Å². The number of aromatic amines is 1. The molecule has 4 aromatic rings. The molecule has 7 N–H and O–H groups in total. The highest BCUT2D eigenvalue weighted by Crippen LogP contribution is 2.21. The molecule has 15 nitrogen and oxygen atoms in total. The molecular weight excluding hydrogens is 656 g/mol. The molecule has 5 atom stereocenters. The normalized spacial score (nSPS) is 22.8. The molecule has 5 unspecified atom stereocenters. The first-order valence-electron chi connectivity index (χ1n) is 17.2. The lowest BCUT2D eigenvalue weighted by Gasteiger charge is -2.35. The van der Waals surface area contributed by atoms with Crippen LogP contribution in [0.1, 0.15) is 45.1 Å². The second-order valence-corrected chi connectivity index (χ2v) is 13.4. The molecule has 15 heteroatoms. The second-order valence-electron chi connectivity index (χ2n) is 13.4. The number of carbonyl (C=O) groups excluding carboxylic acids is 4. The number of carboxylic acids is 1. The van der Waals surface area contributed by atoms with Crippen LogP contribution < -0.4 is 25.8 Å². The monoisotopic (exact) mass is 703 g/mol. The topological polar surface area (TPSA) is 201 Å². The van der Waals surface area contributed by atoms with E-state index in [9.17, 15) is 34.2 Å². The molecule has 5 rings (SSSR count). The molecule has 4 heterocycles. The van der Waals surface area contributed by atoms with E-state index in [0.717, 1.165) is 28.5 Å². The average Bonchev–Trinajstić information content (AvgIpc) is 3.70. The lowest BCUT2D eigenvalue weighted by molar-refractivity contribution is -0.671. The van der Waals surface area contributed by atoms with Gasteiger partial charge in [0.25, 0.3) is 5.65 Å². The number of hydrogen-bond acceptors (Lipinski definition) is 7. The first kappa shape index (κ1) is 37.0. The number of hydrogen-bond donors (Lipinski definition) is 7. The zero-order chi connectivity index (χ0) is 36.7. The minimum Gasteiger partial charge on any atom is -0.481 e. The van der Waals surface area contributed by atoms with Gasteiger partial charge in [0.1, 0.15) is 36.7 Å². The second kappa shape index (κ2) is 16.6. The van der Waals surface area contributed by atoms with Gasteiger partial charge in [0, 0.05) is 36.6 Å². The van der Waals surface area contributed by atoms with E-state index in [2.05, 4.69) is 30.8 Å². The maximum absolute atomic E-state index is 14.3. The van der Waals surface area contributed by atoms with Crippen molar-refractivity contribution in [2.24, 2.45) is 5.92 Å². The number of benzene rings is 1. The van der Waals surface area contributed by atoms with Gasteiger partial charge in [-0.2, -0.15) is 0 Å². The zero-order valence-electron chi connectivity index (χ0n) is 29.0. The van der Waals surface area contributed by atoms with Crippen LogP contribution in [-0.2, 0) is 36.9 Å². The number of rotatable bonds is 10. The number of imidazole rings is 1. The first-order chi connectivity index (χ1) is 24.4. The number of pyridine rings is 1. The molecule has 1 fully saturated rings. The molecule has 0 aliphatic carbocycles. The SMILES string of the molecule is CC(C)C1C(=O)NC(CCCC[n+]2ccn3ccccc32)C(O)NCC(=O)NC(CC(=O)O)C(=O)NC(Cc2c[nH]c3ccccc23)C(=O)N1C. The van der Waals surface area contributed by atoms with Crippen molar-refractivity contribution in [1.82, 2.24) is 35.6 Å². The van der Waals surface area contributed by atoms with Crippen LogP contribution in [0.2, 0.25) is 0 Å². The predicted octanol–water partition coefficient (Wildman–Crippen LogP) is 0.455. The molecule has 3 aromatic heterocycles. The number of aliphatic hydroxyl groups is 1. The summed E-state index contributed by atoms with van der Waals surface area (Å²) in [5.74, 6) is -4.40. The van der Waals surface area contributed by atoms with Crippen molar-refractivity contribution in [2.45, 2.75) is 82.9 Å². The number of H-pyrrole nitrogens is 1. The molecule has 0 radical (unpaired) electrons. The summed E-state index contributed by atoms with van der Waals surface area (Å²) in [5.41, 5.74) is 2.57. The fourth-order valence-electron chi connectivity index (χ4n) is 6.73. The highest BCUT2D eigenvalue weighted by Gasteiger charge is 2.37. The van der Waals surface area contributed by atoms with Crippen LogP contribution in [0.5, 0.6) is 0 Å². The third kappa shape index (κ3) is 9.10. The van der Waals surface area contributed by atoms with Gasteiger partial charge < -0.3 is 36.0 Å². The van der Waals surface area contributed by atoms with Crippen LogP contribution >= 0.6 is 0 Å². The van der Waals surface area contributed by atoms with Crippen LogP contribution in [0.25, 0.3) is 16.6 Å². The minimum absolute atomic E-state index is 0.0250. The highest BCUT2D eigenvalue weighted by molar-refractivity contribution is 5.96. The molecule has 51 heavy (non-hydrogen) atoms. The van der Waals surface area contributed by atoms with Crippen LogP contribution in [0, 0.1) is 5.92 Å². The number of aromatic nitrogens is 3. The Morgan fingerprint density at radius 2 is 1.73 bits per heavy atom. The van der Waals surface area contributed by atoms with Gasteiger partial charge in [0.2, 0.25) is 23.6 Å². The van der Waals surface area contributed by atoms with Crippen LogP contribution in [0.3, 0.4) is 0 Å². The third-order valence-corrected chi connectivity index (χ3v) is 9.32. The van der Waals surface area contributed by atoms with Crippen molar-refractivity contribution in [3.63, 3.8) is 0 Å². The van der Waals surface area contributed by atoms with Gasteiger partial charge in [-0.1, -0.05) is 38.1 Å². The van der Waals surface area contributed by atoms with Gasteiger partial charge in [-0.05, 0) is 42.9 Å². The van der Waals surface area contributed by atoms with E-state index >= 15 is 0 Å². The van der Waals surface area contributed by atoms with Crippen molar-refractivity contribution < 1.29 is 38.8 Å². The molecule has 1 aliphatic rings. The number of nitrogens with zero attached hydrogens (tertiary/aromatic N) is 3. The molecule has 0 bridgehead atoms. The summed E-state index contributed by atoms with van der Waals surface area (Å²) in [6.07, 6.45) is 7.25. The van der Waals surface area contributed by atoms with Crippen LogP contribution in [0.4, 0.5) is 0 Å². The van der Waals surface area contributed by atoms with E-state index in [1.807, 2.05) is 65.5 Å². The van der Waals surface area contributed by atoms with Crippen LogP contribution in [-0.4, -0.2) is 98.1 Å². The summed E-state index contributed by atoms with van der Waals surface area (Å²) in [6.45, 7) is 3.82. The van der Waals surface area contributed by atoms with E-state index in [0.29, 0.717) is 19.4 Å². The quantitative estimate of drug-likeness (QED) is 0.0912. The van der Waals surface area contributed by atoms with Gasteiger partial charge in [-0.15, -0.1) is 0 Å². The fourth-order valence-corrected chi connectivity index (χ4v) is 6.73. The average molecular weight is 704 g/mol. The number of aliphatic hydroxyl groups excluding tert-OH is 1. The number of para-hydroxylation sites is 1. The largest absolute Gasteiger partial charge is 0.481 e. The summed E-state index contributed by atoms with van der Waals surface area (Å²) in [7, 11) is 1.48. The lowest BCUT2D eigenvalue weighted by atomic mass is 9.98. The highest BCUT2D eigenvalue weighted by atomic mass is 16.4. The molecule has 0 spiro atoms. The van der Waals surface area contributed by atoms with Gasteiger partial charge in [-0.3, -0.25) is 29.3 Å². The lowest BCUT2D eigenvalue weighted by Crippen LogP contribution is -2.60. The Morgan fingerprint density at radius 3 is 2.49 bits per heavy atom. The van der Waals surface area contributed by atoms with Crippen molar-refractivity contribution in [1.29, 1.82) is 0 Å². The number of nitrogens with one attached hydrogen (secondary N) is 5. The number of fused-ring (bicyclic) bond motifs is 2. The Kier molecular flexibility index (Phi) is 12.1. The Labute approximate surface area is 295 Å². The van der Waals surface area contributed by atoms with Crippen LogP contribution in [0.15, 0.2) is 67.3 Å². The molecule has 272 valence electrons. The smallest absolute Gasteiger partial charge is 0.305 e. The number of unbranched alkanes of at least 4 members (excludes halogenated alkanes) is 1. The first-order valence-corrected chi connectivity index (χ1v) is 17.2. The number of aryl methyl sites for hydroxylation is 1. The Balaban J connectivity index is 1.40. The van der Waals surface area contributed by atoms with E-state index in [1.54, 1.807) is 20.0 Å². The number of carboxylic acid groups (broad SMARTS) is 1. The van der Waals surface area contributed by atoms with E-state index in [1.165, 1.54) is 11.9 Å². The minimum atomic E-state index is -1.51. The summed E-state index contributed by atoms with van der Waals surface area (Å²) in [5, 5.41) is 32.3. The number of aliphatic carboxylic acids is 1. The Hall–Kier alpha value is -5.28. The maximum atomic E-state index is 14.3. The zero-order valence-corrected chi connectivity index (χ0v) is 29.0. The standard InChI is InChI=1S/C36H46N8O7/c1-22(2)32-35(50)40-26(12-6-8-14-43-16-17-44-15-9-7-13-30(43)44)33(48)38-21-29(45)39-27(19-31(46)47)34(49)41-28(36(51)42(32)3)18-23-20-37-25-11-5-4-10-24(23)25/h4-5,7,9-11,13,15-17,20,22,26-28,32-33,37-38,48H,6,8,12,14,18-19,21H2,1-3H3,(H3-,39,40,41,45,46,47,49,50)/p+1. The van der Waals surface area contributed by atoms with Crippen molar-refractivity contribution in [3.8, 4) is 0 Å². The van der Waals surface area contributed by atoms with Gasteiger partial charge in [-0.25, -0.2) is 8.97 Å². The molecular formula is C36H47N8O7+. The summed E-state index contributed by atoms with van der Waals surface area (Å²) in [6, 6.07) is 8.83. The summed E-state index contributed by atoms with van der Waals surface area (Å²) < 4.78 is 4.12. The maximum Gasteiger partial charge on any atom is 0.305 e. The van der Waals surface area contributed by atoms with Gasteiger partial charge in [0.15, 0.2) is 0 Å². The molecule has 1 aliphatic heterocycles. The summed E-state index contributed by atoms with van der Waals surface area (Å²) in [4.78, 5) is 71.0. The molecule has 4 amide bonds. The number of likely N-dealkylation sites (N-methyl/N-ethyl adjacent to an activating group) is 1.